The zero-order valence-electron chi connectivity index (χ0n) is 17.0. The molecule has 0 saturated heterocycles. The van der Waals surface area contributed by atoms with Gasteiger partial charge >= 0.3 is 6.03 Å². The van der Waals surface area contributed by atoms with Crippen molar-refractivity contribution in [1.82, 2.24) is 4.72 Å². The lowest BCUT2D eigenvalue weighted by Gasteiger charge is -2.23. The molecule has 0 bridgehead atoms. The van der Waals surface area contributed by atoms with Crippen molar-refractivity contribution >= 4 is 27.4 Å². The average molecular weight is 424 g/mol. The van der Waals surface area contributed by atoms with Crippen molar-refractivity contribution in [2.45, 2.75) is 18.7 Å². The highest BCUT2D eigenvalue weighted by Crippen LogP contribution is 2.16. The van der Waals surface area contributed by atoms with Crippen molar-refractivity contribution < 1.29 is 13.2 Å². The molecule has 0 aliphatic heterocycles. The van der Waals surface area contributed by atoms with Crippen LogP contribution in [0.4, 0.5) is 16.2 Å². The Morgan fingerprint density at radius 3 is 2.00 bits per heavy atom. The number of para-hydroxylation sites is 1. The normalized spacial score (nSPS) is 11.1. The largest absolute Gasteiger partial charge is 0.326 e. The predicted octanol–water partition coefficient (Wildman–Crippen LogP) is 4.32. The Labute approximate surface area is 177 Å². The second kappa shape index (κ2) is 9.56. The van der Waals surface area contributed by atoms with E-state index in [9.17, 15) is 13.2 Å². The highest BCUT2D eigenvalue weighted by molar-refractivity contribution is 7.89. The zero-order valence-corrected chi connectivity index (χ0v) is 17.8. The van der Waals surface area contributed by atoms with Crippen molar-refractivity contribution in [1.29, 1.82) is 0 Å². The molecule has 0 fully saturated rings. The standard InChI is InChI=1S/C23H25N3O3S/c1-18-8-12-20(13-9-18)25-23(27)26(21-6-4-3-5-7-21)17-16-24-30(28,29)22-14-10-19(2)11-15-22/h3-15,24H,16-17H2,1-2H3,(H,25,27). The molecule has 0 aliphatic carbocycles. The minimum atomic E-state index is -3.65. The molecule has 3 aromatic rings. The molecule has 156 valence electrons. The summed E-state index contributed by atoms with van der Waals surface area (Å²) in [5.74, 6) is 0. The smallest absolute Gasteiger partial charge is 0.308 e. The monoisotopic (exact) mass is 423 g/mol. The van der Waals surface area contributed by atoms with Gasteiger partial charge in [0.1, 0.15) is 0 Å². The number of carbonyl (C=O) groups is 1. The molecule has 3 aromatic carbocycles. The Balaban J connectivity index is 1.71. The van der Waals surface area contributed by atoms with Gasteiger partial charge in [0, 0.05) is 24.5 Å². The number of rotatable bonds is 7. The molecule has 3 rings (SSSR count). The van der Waals surface area contributed by atoms with Crippen LogP contribution >= 0.6 is 0 Å². The quantitative estimate of drug-likeness (QED) is 0.594. The number of hydrogen-bond acceptors (Lipinski definition) is 3. The average Bonchev–Trinajstić information content (AvgIpc) is 2.74. The molecule has 7 heteroatoms. The minimum absolute atomic E-state index is 0.0758. The van der Waals surface area contributed by atoms with Crippen LogP contribution in [0.25, 0.3) is 0 Å². The molecule has 2 N–H and O–H groups in total. The Morgan fingerprint density at radius 1 is 0.833 bits per heavy atom. The van der Waals surface area contributed by atoms with Gasteiger partial charge in [0.2, 0.25) is 10.0 Å². The first kappa shape index (κ1) is 21.5. The fraction of sp³-hybridized carbons (Fsp3) is 0.174. The number of urea groups is 1. The molecule has 6 nitrogen and oxygen atoms in total. The molecule has 0 unspecified atom stereocenters. The van der Waals surface area contributed by atoms with Gasteiger partial charge in [0.15, 0.2) is 0 Å². The number of benzene rings is 3. The molecule has 2 amide bonds. The predicted molar refractivity (Wildman–Crippen MR) is 120 cm³/mol. The lowest BCUT2D eigenvalue weighted by molar-refractivity contribution is 0.257. The lowest BCUT2D eigenvalue weighted by atomic mass is 10.2. The van der Waals surface area contributed by atoms with E-state index in [2.05, 4.69) is 10.0 Å². The summed E-state index contributed by atoms with van der Waals surface area (Å²) in [7, 11) is -3.65. The van der Waals surface area contributed by atoms with E-state index in [0.717, 1.165) is 11.1 Å². The maximum Gasteiger partial charge on any atom is 0.326 e. The summed E-state index contributed by atoms with van der Waals surface area (Å²) in [4.78, 5) is 14.6. The first-order valence-electron chi connectivity index (χ1n) is 9.62. The molecule has 0 heterocycles. The number of amides is 2. The van der Waals surface area contributed by atoms with Crippen LogP contribution in [0.1, 0.15) is 11.1 Å². The van der Waals surface area contributed by atoms with E-state index in [1.165, 1.54) is 4.90 Å². The summed E-state index contributed by atoms with van der Waals surface area (Å²) < 4.78 is 27.6. The van der Waals surface area contributed by atoms with Gasteiger partial charge < -0.3 is 5.32 Å². The maximum absolute atomic E-state index is 12.9. The van der Waals surface area contributed by atoms with Crippen LogP contribution in [0.15, 0.2) is 83.8 Å². The minimum Gasteiger partial charge on any atom is -0.308 e. The number of nitrogens with zero attached hydrogens (tertiary/aromatic N) is 1. The fourth-order valence-electron chi connectivity index (χ4n) is 2.88. The molecular weight excluding hydrogens is 398 g/mol. The van der Waals surface area contributed by atoms with E-state index in [-0.39, 0.29) is 24.0 Å². The summed E-state index contributed by atoms with van der Waals surface area (Å²) in [5.41, 5.74) is 3.43. The number of carbonyl (C=O) groups excluding carboxylic acids is 1. The fourth-order valence-corrected chi connectivity index (χ4v) is 3.90. The molecule has 0 spiro atoms. The summed E-state index contributed by atoms with van der Waals surface area (Å²) in [6.07, 6.45) is 0. The first-order valence-corrected chi connectivity index (χ1v) is 11.1. The molecule has 0 aliphatic rings. The Kier molecular flexibility index (Phi) is 6.87. The van der Waals surface area contributed by atoms with Gasteiger partial charge in [0.05, 0.1) is 4.90 Å². The highest BCUT2D eigenvalue weighted by atomic mass is 32.2. The third-order valence-corrected chi connectivity index (χ3v) is 6.05. The number of sulfonamides is 1. The third kappa shape index (κ3) is 5.68. The van der Waals surface area contributed by atoms with Crippen LogP contribution in [0.3, 0.4) is 0 Å². The zero-order chi connectivity index (χ0) is 21.6. The van der Waals surface area contributed by atoms with Gasteiger partial charge in [-0.15, -0.1) is 0 Å². The first-order chi connectivity index (χ1) is 14.3. The molecule has 30 heavy (non-hydrogen) atoms. The summed E-state index contributed by atoms with van der Waals surface area (Å²) in [5, 5.41) is 2.86. The summed E-state index contributed by atoms with van der Waals surface area (Å²) in [6, 6.07) is 22.9. The SMILES string of the molecule is Cc1ccc(NC(=O)N(CCNS(=O)(=O)c2ccc(C)cc2)c2ccccc2)cc1. The Bertz CT molecular complexity index is 1080. The van der Waals surface area contributed by atoms with Crippen molar-refractivity contribution in [2.75, 3.05) is 23.3 Å². The van der Waals surface area contributed by atoms with Crippen molar-refractivity contribution in [3.05, 3.63) is 90.0 Å². The van der Waals surface area contributed by atoms with Crippen molar-refractivity contribution in [3.63, 3.8) is 0 Å². The van der Waals surface area contributed by atoms with Crippen LogP contribution < -0.4 is 14.9 Å². The van der Waals surface area contributed by atoms with Crippen molar-refractivity contribution in [3.8, 4) is 0 Å². The van der Waals surface area contributed by atoms with E-state index in [4.69, 9.17) is 0 Å². The van der Waals surface area contributed by atoms with E-state index >= 15 is 0 Å². The van der Waals surface area contributed by atoms with Crippen LogP contribution in [0.2, 0.25) is 0 Å². The summed E-state index contributed by atoms with van der Waals surface area (Å²) >= 11 is 0. The molecule has 0 atom stereocenters. The van der Waals surface area contributed by atoms with E-state index in [1.807, 2.05) is 68.4 Å². The van der Waals surface area contributed by atoms with E-state index in [1.54, 1.807) is 24.3 Å². The third-order valence-electron chi connectivity index (χ3n) is 4.57. The van der Waals surface area contributed by atoms with Gasteiger partial charge in [-0.1, -0.05) is 53.6 Å². The van der Waals surface area contributed by atoms with Gasteiger partial charge in [-0.3, -0.25) is 4.90 Å². The van der Waals surface area contributed by atoms with Gasteiger partial charge in [-0.2, -0.15) is 0 Å². The molecular formula is C23H25N3O3S. The van der Waals surface area contributed by atoms with Gasteiger partial charge in [0.25, 0.3) is 0 Å². The van der Waals surface area contributed by atoms with Gasteiger partial charge in [-0.25, -0.2) is 17.9 Å². The topological polar surface area (TPSA) is 78.5 Å². The number of hydrogen-bond donors (Lipinski definition) is 2. The molecule has 0 aromatic heterocycles. The molecule has 0 saturated carbocycles. The van der Waals surface area contributed by atoms with Gasteiger partial charge in [-0.05, 0) is 50.2 Å². The number of nitrogens with one attached hydrogen (secondary N) is 2. The number of aryl methyl sites for hydroxylation is 2. The Hall–Kier alpha value is -3.16. The van der Waals surface area contributed by atoms with Crippen LogP contribution in [-0.2, 0) is 10.0 Å². The second-order valence-electron chi connectivity index (χ2n) is 6.99. The summed E-state index contributed by atoms with van der Waals surface area (Å²) in [6.45, 7) is 4.12. The molecule has 0 radical (unpaired) electrons. The van der Waals surface area contributed by atoms with Crippen LogP contribution in [-0.4, -0.2) is 27.5 Å². The van der Waals surface area contributed by atoms with Crippen LogP contribution in [0.5, 0.6) is 0 Å². The van der Waals surface area contributed by atoms with Crippen molar-refractivity contribution in [2.24, 2.45) is 0 Å². The lowest BCUT2D eigenvalue weighted by Crippen LogP contribution is -2.41. The van der Waals surface area contributed by atoms with E-state index in [0.29, 0.717) is 11.4 Å². The van der Waals surface area contributed by atoms with E-state index < -0.39 is 10.0 Å². The Morgan fingerprint density at radius 2 is 1.40 bits per heavy atom. The highest BCUT2D eigenvalue weighted by Gasteiger charge is 2.18. The maximum atomic E-state index is 12.9. The second-order valence-corrected chi connectivity index (χ2v) is 8.76. The number of anilines is 2. The van der Waals surface area contributed by atoms with Crippen LogP contribution in [0, 0.1) is 13.8 Å².